The molecule has 1 fully saturated rings. The molecule has 1 saturated heterocycles. The van der Waals surface area contributed by atoms with E-state index in [0.717, 1.165) is 39.1 Å². The maximum Gasteiger partial charge on any atom is 0.0595 e. The number of nitrogens with one attached hydrogen (secondary N) is 1. The van der Waals surface area contributed by atoms with Crippen molar-refractivity contribution in [2.75, 3.05) is 26.3 Å². The van der Waals surface area contributed by atoms with Crippen molar-refractivity contribution >= 4 is 23.2 Å². The van der Waals surface area contributed by atoms with Crippen LogP contribution in [0.2, 0.25) is 10.0 Å². The predicted octanol–water partition coefficient (Wildman–Crippen LogP) is 4.11. The van der Waals surface area contributed by atoms with Gasteiger partial charge in [-0.1, -0.05) is 36.2 Å². The van der Waals surface area contributed by atoms with Gasteiger partial charge in [0.1, 0.15) is 0 Å². The van der Waals surface area contributed by atoms with Crippen LogP contribution < -0.4 is 5.32 Å². The second-order valence-electron chi connectivity index (χ2n) is 5.10. The molecule has 2 atom stereocenters. The third-order valence-corrected chi connectivity index (χ3v) is 4.43. The van der Waals surface area contributed by atoms with Gasteiger partial charge in [0.15, 0.2) is 0 Å². The van der Waals surface area contributed by atoms with Crippen LogP contribution in [-0.4, -0.2) is 26.3 Å². The standard InChI is InChI=1S/C15H21Cl2NO/c1-2-6-19-7-5-12-9-18-10-13(12)11-3-4-14(16)15(17)8-11/h3-4,8,12-13,18H,2,5-7,9-10H2,1H3. The fourth-order valence-corrected chi connectivity index (χ4v) is 2.96. The molecule has 4 heteroatoms. The summed E-state index contributed by atoms with van der Waals surface area (Å²) in [5, 5.41) is 4.73. The van der Waals surface area contributed by atoms with E-state index in [0.29, 0.717) is 21.9 Å². The number of benzene rings is 1. The minimum atomic E-state index is 0.514. The topological polar surface area (TPSA) is 21.3 Å². The van der Waals surface area contributed by atoms with Gasteiger partial charge in [-0.15, -0.1) is 0 Å². The van der Waals surface area contributed by atoms with Crippen molar-refractivity contribution < 1.29 is 4.74 Å². The smallest absolute Gasteiger partial charge is 0.0595 e. The van der Waals surface area contributed by atoms with Crippen molar-refractivity contribution in [1.82, 2.24) is 5.32 Å². The summed E-state index contributed by atoms with van der Waals surface area (Å²) in [5.41, 5.74) is 1.28. The summed E-state index contributed by atoms with van der Waals surface area (Å²) in [6.07, 6.45) is 2.18. The van der Waals surface area contributed by atoms with Crippen LogP contribution in [0.5, 0.6) is 0 Å². The molecule has 106 valence electrons. The van der Waals surface area contributed by atoms with Gasteiger partial charge in [-0.05, 0) is 43.0 Å². The Balaban J connectivity index is 1.95. The minimum Gasteiger partial charge on any atom is -0.381 e. The molecule has 0 radical (unpaired) electrons. The van der Waals surface area contributed by atoms with Crippen molar-refractivity contribution in [3.05, 3.63) is 33.8 Å². The van der Waals surface area contributed by atoms with E-state index >= 15 is 0 Å². The molecule has 1 aliphatic heterocycles. The first-order valence-electron chi connectivity index (χ1n) is 6.95. The Labute approximate surface area is 125 Å². The molecule has 0 amide bonds. The Hall–Kier alpha value is -0.280. The van der Waals surface area contributed by atoms with E-state index in [-0.39, 0.29) is 0 Å². The maximum atomic E-state index is 6.11. The number of halogens is 2. The van der Waals surface area contributed by atoms with E-state index in [9.17, 15) is 0 Å². The van der Waals surface area contributed by atoms with Crippen LogP contribution in [0, 0.1) is 5.92 Å². The fraction of sp³-hybridized carbons (Fsp3) is 0.600. The van der Waals surface area contributed by atoms with Gasteiger partial charge in [-0.3, -0.25) is 0 Å². The van der Waals surface area contributed by atoms with Crippen LogP contribution in [0.4, 0.5) is 0 Å². The molecule has 1 N–H and O–H groups in total. The number of ether oxygens (including phenoxy) is 1. The highest BCUT2D eigenvalue weighted by Gasteiger charge is 2.28. The van der Waals surface area contributed by atoms with E-state index < -0.39 is 0 Å². The van der Waals surface area contributed by atoms with Crippen LogP contribution >= 0.6 is 23.2 Å². The van der Waals surface area contributed by atoms with Crippen LogP contribution in [0.25, 0.3) is 0 Å². The first kappa shape index (κ1) is 15.1. The fourth-order valence-electron chi connectivity index (χ4n) is 2.65. The van der Waals surface area contributed by atoms with Crippen molar-refractivity contribution in [2.24, 2.45) is 5.92 Å². The van der Waals surface area contributed by atoms with Gasteiger partial charge >= 0.3 is 0 Å². The van der Waals surface area contributed by atoms with Crippen LogP contribution in [-0.2, 0) is 4.74 Å². The normalized spacial score (nSPS) is 22.9. The lowest BCUT2D eigenvalue weighted by atomic mass is 9.87. The number of hydrogen-bond donors (Lipinski definition) is 1. The van der Waals surface area contributed by atoms with E-state index in [4.69, 9.17) is 27.9 Å². The Bertz CT molecular complexity index is 411. The molecule has 19 heavy (non-hydrogen) atoms. The summed E-state index contributed by atoms with van der Waals surface area (Å²) in [7, 11) is 0. The van der Waals surface area contributed by atoms with Gasteiger partial charge < -0.3 is 10.1 Å². The predicted molar refractivity (Wildman–Crippen MR) is 81.3 cm³/mol. The highest BCUT2D eigenvalue weighted by Crippen LogP contribution is 2.33. The lowest BCUT2D eigenvalue weighted by molar-refractivity contribution is 0.120. The lowest BCUT2D eigenvalue weighted by Crippen LogP contribution is -2.14. The van der Waals surface area contributed by atoms with E-state index in [2.05, 4.69) is 18.3 Å². The van der Waals surface area contributed by atoms with Crippen molar-refractivity contribution in [3.8, 4) is 0 Å². The summed E-state index contributed by atoms with van der Waals surface area (Å²) in [6.45, 7) is 5.90. The van der Waals surface area contributed by atoms with Crippen LogP contribution in [0.1, 0.15) is 31.2 Å². The van der Waals surface area contributed by atoms with E-state index in [1.165, 1.54) is 5.56 Å². The average Bonchev–Trinajstić information content (AvgIpc) is 2.86. The van der Waals surface area contributed by atoms with Gasteiger partial charge in [0.05, 0.1) is 10.0 Å². The van der Waals surface area contributed by atoms with Gasteiger partial charge in [-0.25, -0.2) is 0 Å². The SMILES string of the molecule is CCCOCCC1CNCC1c1ccc(Cl)c(Cl)c1. The number of hydrogen-bond acceptors (Lipinski definition) is 2. The molecule has 2 rings (SSSR count). The highest BCUT2D eigenvalue weighted by atomic mass is 35.5. The largest absolute Gasteiger partial charge is 0.381 e. The number of rotatable bonds is 6. The molecule has 2 nitrogen and oxygen atoms in total. The monoisotopic (exact) mass is 301 g/mol. The average molecular weight is 302 g/mol. The van der Waals surface area contributed by atoms with Crippen molar-refractivity contribution in [1.29, 1.82) is 0 Å². The highest BCUT2D eigenvalue weighted by molar-refractivity contribution is 6.42. The summed E-state index contributed by atoms with van der Waals surface area (Å²) in [5.74, 6) is 1.13. The van der Waals surface area contributed by atoms with Gasteiger partial charge in [0.25, 0.3) is 0 Å². The molecule has 0 aromatic heterocycles. The van der Waals surface area contributed by atoms with Gasteiger partial charge in [0, 0.05) is 25.7 Å². The van der Waals surface area contributed by atoms with Gasteiger partial charge in [0.2, 0.25) is 0 Å². The quantitative estimate of drug-likeness (QED) is 0.798. The van der Waals surface area contributed by atoms with Crippen LogP contribution in [0.3, 0.4) is 0 Å². The molecule has 0 spiro atoms. The first-order chi connectivity index (χ1) is 9.22. The van der Waals surface area contributed by atoms with Crippen LogP contribution in [0.15, 0.2) is 18.2 Å². The second kappa shape index (κ2) is 7.49. The molecular formula is C15H21Cl2NO. The molecule has 2 unspecified atom stereocenters. The van der Waals surface area contributed by atoms with Crippen molar-refractivity contribution in [3.63, 3.8) is 0 Å². The molecular weight excluding hydrogens is 281 g/mol. The maximum absolute atomic E-state index is 6.11. The van der Waals surface area contributed by atoms with E-state index in [1.807, 2.05) is 12.1 Å². The Kier molecular flexibility index (Phi) is 5.96. The summed E-state index contributed by atoms with van der Waals surface area (Å²) in [6, 6.07) is 5.98. The first-order valence-corrected chi connectivity index (χ1v) is 7.71. The second-order valence-corrected chi connectivity index (χ2v) is 5.91. The molecule has 1 heterocycles. The Morgan fingerprint density at radius 3 is 2.79 bits per heavy atom. The molecule has 0 bridgehead atoms. The molecule has 1 aromatic carbocycles. The lowest BCUT2D eigenvalue weighted by Gasteiger charge is -2.19. The summed E-state index contributed by atoms with van der Waals surface area (Å²) in [4.78, 5) is 0. The molecule has 1 aliphatic rings. The zero-order valence-electron chi connectivity index (χ0n) is 11.3. The Morgan fingerprint density at radius 2 is 2.05 bits per heavy atom. The molecule has 0 saturated carbocycles. The van der Waals surface area contributed by atoms with E-state index in [1.54, 1.807) is 0 Å². The summed E-state index contributed by atoms with van der Waals surface area (Å²) >= 11 is 12.1. The third kappa shape index (κ3) is 4.09. The molecule has 0 aliphatic carbocycles. The minimum absolute atomic E-state index is 0.514. The summed E-state index contributed by atoms with van der Waals surface area (Å²) < 4.78 is 5.60. The third-order valence-electron chi connectivity index (χ3n) is 3.69. The zero-order chi connectivity index (χ0) is 13.7. The molecule has 1 aromatic rings. The van der Waals surface area contributed by atoms with Gasteiger partial charge in [-0.2, -0.15) is 0 Å². The Morgan fingerprint density at radius 1 is 1.21 bits per heavy atom. The van der Waals surface area contributed by atoms with Crippen molar-refractivity contribution in [2.45, 2.75) is 25.7 Å². The zero-order valence-corrected chi connectivity index (χ0v) is 12.8.